The molecule has 0 bridgehead atoms. The molecule has 6 nitrogen and oxygen atoms in total. The highest BCUT2D eigenvalue weighted by Gasteiger charge is 2.34. The van der Waals surface area contributed by atoms with Gasteiger partial charge in [0, 0.05) is 17.5 Å². The van der Waals surface area contributed by atoms with Crippen LogP contribution in [0.15, 0.2) is 40.8 Å². The number of fused-ring (bicyclic) bond motifs is 2. The lowest BCUT2D eigenvalue weighted by Crippen LogP contribution is -2.30. The first kappa shape index (κ1) is 17.9. The SMILES string of the molecule is COc1ccc2oc(C(=O)N3CCCC3c3ccc4c(c3)OCCO4)c(C)c2c1. The molecular weight excluding hydrogens is 370 g/mol. The number of ether oxygens (including phenoxy) is 3. The summed E-state index contributed by atoms with van der Waals surface area (Å²) < 4.78 is 22.6. The normalized spacial score (nSPS) is 18.3. The van der Waals surface area contributed by atoms with E-state index in [1.165, 1.54) is 0 Å². The lowest BCUT2D eigenvalue weighted by Gasteiger charge is -2.26. The molecule has 6 heteroatoms. The third-order valence-electron chi connectivity index (χ3n) is 5.80. The van der Waals surface area contributed by atoms with Crippen molar-refractivity contribution >= 4 is 16.9 Å². The minimum Gasteiger partial charge on any atom is -0.497 e. The summed E-state index contributed by atoms with van der Waals surface area (Å²) in [7, 11) is 1.63. The van der Waals surface area contributed by atoms with Crippen molar-refractivity contribution in [1.82, 2.24) is 4.90 Å². The number of furan rings is 1. The van der Waals surface area contributed by atoms with E-state index in [-0.39, 0.29) is 11.9 Å². The van der Waals surface area contributed by atoms with E-state index in [1.807, 2.05) is 48.2 Å². The second kappa shape index (κ2) is 7.03. The maximum Gasteiger partial charge on any atom is 0.290 e. The van der Waals surface area contributed by atoms with Gasteiger partial charge in [0.25, 0.3) is 5.91 Å². The number of carbonyl (C=O) groups excluding carboxylic acids is 1. The Hall–Kier alpha value is -3.15. The zero-order valence-electron chi connectivity index (χ0n) is 16.6. The van der Waals surface area contributed by atoms with Crippen molar-refractivity contribution in [3.05, 3.63) is 53.3 Å². The Morgan fingerprint density at radius 2 is 1.93 bits per heavy atom. The van der Waals surface area contributed by atoms with E-state index < -0.39 is 0 Å². The van der Waals surface area contributed by atoms with Gasteiger partial charge in [0.1, 0.15) is 24.5 Å². The number of methoxy groups -OCH3 is 1. The maximum atomic E-state index is 13.4. The first-order valence-corrected chi connectivity index (χ1v) is 9.93. The monoisotopic (exact) mass is 393 g/mol. The number of carbonyl (C=O) groups is 1. The molecule has 0 saturated carbocycles. The standard InChI is InChI=1S/C23H23NO5/c1-14-17-13-16(26-2)6-8-19(17)29-22(14)23(25)24-9-3-4-18(24)15-5-7-20-21(12-15)28-11-10-27-20/h5-8,12-13,18H,3-4,9-11H2,1-2H3. The van der Waals surface area contributed by atoms with Gasteiger partial charge in [0.15, 0.2) is 17.3 Å². The number of benzene rings is 2. The highest BCUT2D eigenvalue weighted by atomic mass is 16.6. The third-order valence-corrected chi connectivity index (χ3v) is 5.80. The van der Waals surface area contributed by atoms with Gasteiger partial charge in [0.05, 0.1) is 13.2 Å². The minimum atomic E-state index is -0.0740. The zero-order valence-corrected chi connectivity index (χ0v) is 16.6. The van der Waals surface area contributed by atoms with E-state index >= 15 is 0 Å². The van der Waals surface area contributed by atoms with Crippen molar-refractivity contribution in [1.29, 1.82) is 0 Å². The molecule has 5 rings (SSSR count). The summed E-state index contributed by atoms with van der Waals surface area (Å²) in [6, 6.07) is 11.6. The van der Waals surface area contributed by atoms with Gasteiger partial charge >= 0.3 is 0 Å². The molecule has 2 aliphatic heterocycles. The van der Waals surface area contributed by atoms with E-state index in [1.54, 1.807) is 7.11 Å². The van der Waals surface area contributed by atoms with Crippen LogP contribution in [-0.2, 0) is 0 Å². The first-order valence-electron chi connectivity index (χ1n) is 9.93. The van der Waals surface area contributed by atoms with Crippen molar-refractivity contribution in [2.75, 3.05) is 26.9 Å². The fourth-order valence-electron chi connectivity index (χ4n) is 4.28. The van der Waals surface area contributed by atoms with E-state index in [0.717, 1.165) is 46.6 Å². The summed E-state index contributed by atoms with van der Waals surface area (Å²) in [6.45, 7) is 3.74. The van der Waals surface area contributed by atoms with Crippen LogP contribution in [0.3, 0.4) is 0 Å². The highest BCUT2D eigenvalue weighted by Crippen LogP contribution is 2.39. The van der Waals surface area contributed by atoms with Crippen LogP contribution in [0.4, 0.5) is 0 Å². The molecule has 1 aromatic heterocycles. The number of likely N-dealkylation sites (tertiary alicyclic amines) is 1. The molecule has 0 radical (unpaired) electrons. The van der Waals surface area contributed by atoms with Crippen LogP contribution in [0, 0.1) is 6.92 Å². The smallest absolute Gasteiger partial charge is 0.290 e. The first-order chi connectivity index (χ1) is 14.2. The summed E-state index contributed by atoms with van der Waals surface area (Å²) in [5.41, 5.74) is 2.61. The Morgan fingerprint density at radius 3 is 2.76 bits per heavy atom. The number of amides is 1. The topological polar surface area (TPSA) is 61.1 Å². The Morgan fingerprint density at radius 1 is 1.10 bits per heavy atom. The van der Waals surface area contributed by atoms with Crippen LogP contribution in [0.5, 0.6) is 17.2 Å². The second-order valence-electron chi connectivity index (χ2n) is 7.48. The van der Waals surface area contributed by atoms with E-state index in [4.69, 9.17) is 18.6 Å². The second-order valence-corrected chi connectivity index (χ2v) is 7.48. The fourth-order valence-corrected chi connectivity index (χ4v) is 4.28. The molecule has 1 amide bonds. The molecular formula is C23H23NO5. The van der Waals surface area contributed by atoms with Gasteiger partial charge in [-0.05, 0) is 55.7 Å². The average Bonchev–Trinajstić information content (AvgIpc) is 3.38. The number of hydrogen-bond acceptors (Lipinski definition) is 5. The van der Waals surface area contributed by atoms with Crippen LogP contribution in [0.1, 0.15) is 40.6 Å². The van der Waals surface area contributed by atoms with Crippen molar-refractivity contribution in [3.63, 3.8) is 0 Å². The molecule has 1 fully saturated rings. The van der Waals surface area contributed by atoms with Crippen LogP contribution >= 0.6 is 0 Å². The summed E-state index contributed by atoms with van der Waals surface area (Å²) in [5.74, 6) is 2.58. The van der Waals surface area contributed by atoms with Gasteiger partial charge in [-0.25, -0.2) is 0 Å². The number of nitrogens with zero attached hydrogens (tertiary/aromatic N) is 1. The quantitative estimate of drug-likeness (QED) is 0.656. The Labute approximate surface area is 168 Å². The van der Waals surface area contributed by atoms with Crippen molar-refractivity contribution in [2.24, 2.45) is 0 Å². The van der Waals surface area contributed by atoms with Crippen molar-refractivity contribution < 1.29 is 23.4 Å². The van der Waals surface area contributed by atoms with Gasteiger partial charge in [-0.2, -0.15) is 0 Å². The van der Waals surface area contributed by atoms with Gasteiger partial charge < -0.3 is 23.5 Å². The molecule has 0 N–H and O–H groups in total. The lowest BCUT2D eigenvalue weighted by atomic mass is 10.0. The number of aryl methyl sites for hydroxylation is 1. The van der Waals surface area contributed by atoms with Crippen LogP contribution in [0.2, 0.25) is 0 Å². The Balaban J connectivity index is 1.48. The molecule has 2 aromatic carbocycles. The molecule has 150 valence electrons. The summed E-state index contributed by atoms with van der Waals surface area (Å²) >= 11 is 0. The van der Waals surface area contributed by atoms with Gasteiger partial charge in [-0.1, -0.05) is 6.07 Å². The average molecular weight is 393 g/mol. The summed E-state index contributed by atoms with van der Waals surface area (Å²) in [4.78, 5) is 15.3. The number of rotatable bonds is 3. The van der Waals surface area contributed by atoms with Crippen LogP contribution < -0.4 is 14.2 Å². The fraction of sp³-hybridized carbons (Fsp3) is 0.348. The highest BCUT2D eigenvalue weighted by molar-refractivity contribution is 5.99. The van der Waals surface area contributed by atoms with E-state index in [9.17, 15) is 4.79 Å². The van der Waals surface area contributed by atoms with Crippen LogP contribution in [-0.4, -0.2) is 37.7 Å². The molecule has 0 spiro atoms. The molecule has 1 atom stereocenters. The largest absolute Gasteiger partial charge is 0.497 e. The maximum absolute atomic E-state index is 13.4. The van der Waals surface area contributed by atoms with Crippen molar-refractivity contribution in [2.45, 2.75) is 25.8 Å². The molecule has 1 saturated heterocycles. The lowest BCUT2D eigenvalue weighted by molar-refractivity contribution is 0.0704. The third kappa shape index (κ3) is 2.99. The van der Waals surface area contributed by atoms with Gasteiger partial charge in [-0.3, -0.25) is 4.79 Å². The molecule has 0 aliphatic carbocycles. The van der Waals surface area contributed by atoms with Crippen LogP contribution in [0.25, 0.3) is 11.0 Å². The zero-order chi connectivity index (χ0) is 20.0. The summed E-state index contributed by atoms with van der Waals surface area (Å²) in [5, 5.41) is 0.905. The molecule has 1 unspecified atom stereocenters. The Bertz CT molecular complexity index is 1090. The molecule has 2 aliphatic rings. The van der Waals surface area contributed by atoms with Crippen molar-refractivity contribution in [3.8, 4) is 17.2 Å². The molecule has 3 heterocycles. The predicted molar refractivity (Wildman–Crippen MR) is 108 cm³/mol. The van der Waals surface area contributed by atoms with Gasteiger partial charge in [-0.15, -0.1) is 0 Å². The van der Waals surface area contributed by atoms with E-state index in [2.05, 4.69) is 0 Å². The van der Waals surface area contributed by atoms with E-state index in [0.29, 0.717) is 31.1 Å². The minimum absolute atomic E-state index is 0.000440. The van der Waals surface area contributed by atoms with Gasteiger partial charge in [0.2, 0.25) is 0 Å². The predicted octanol–water partition coefficient (Wildman–Crippen LogP) is 4.50. The molecule has 29 heavy (non-hydrogen) atoms. The number of hydrogen-bond donors (Lipinski definition) is 0. The Kier molecular flexibility index (Phi) is 4.34. The summed E-state index contributed by atoms with van der Waals surface area (Å²) in [6.07, 6.45) is 1.87. The molecule has 3 aromatic rings.